The molecule has 8 aliphatic heterocycles. The lowest BCUT2D eigenvalue weighted by atomic mass is 9.33. The predicted octanol–water partition coefficient (Wildman–Crippen LogP) is -5.14. The average molecular weight is 1950 g/mol. The highest BCUT2D eigenvalue weighted by Gasteiger charge is 2.74. The van der Waals surface area contributed by atoms with E-state index in [0.717, 1.165) is 11.9 Å². The van der Waals surface area contributed by atoms with Gasteiger partial charge in [-0.3, -0.25) is 14.4 Å². The summed E-state index contributed by atoms with van der Waals surface area (Å²) in [5.74, 6) is -7.47. The van der Waals surface area contributed by atoms with Crippen LogP contribution in [0.2, 0.25) is 0 Å². The molecule has 5 aliphatic carbocycles. The number of fused-ring (bicyclic) bond motifs is 7. The molecule has 776 valence electrons. The molecular formula is C91H148O44. The van der Waals surface area contributed by atoms with Crippen LogP contribution in [0.3, 0.4) is 0 Å². The van der Waals surface area contributed by atoms with E-state index >= 15 is 4.79 Å². The lowest BCUT2D eigenvalue weighted by molar-refractivity contribution is -0.384. The maximum Gasteiger partial charge on any atom is 0.317 e. The Labute approximate surface area is 782 Å². The van der Waals surface area contributed by atoms with E-state index in [1.807, 2.05) is 6.92 Å². The van der Waals surface area contributed by atoms with Gasteiger partial charge in [0.25, 0.3) is 0 Å². The number of allylic oxidation sites excluding steroid dienone is 2. The van der Waals surface area contributed by atoms with Gasteiger partial charge in [-0.2, -0.15) is 0 Å². The van der Waals surface area contributed by atoms with Crippen LogP contribution < -0.4 is 0 Å². The molecule has 13 rings (SSSR count). The Kier molecular flexibility index (Phi) is 34.9. The zero-order valence-corrected chi connectivity index (χ0v) is 78.4. The summed E-state index contributed by atoms with van der Waals surface area (Å²) in [6, 6.07) is 0. The molecule has 50 atom stereocenters. The number of aldehydes is 1. The molecule has 0 bridgehead atoms. The number of ether oxygens (including phenoxy) is 18. The van der Waals surface area contributed by atoms with Gasteiger partial charge >= 0.3 is 17.9 Å². The second-order valence-electron chi connectivity index (χ2n) is 42.1. The number of esters is 3. The molecule has 20 unspecified atom stereocenters. The van der Waals surface area contributed by atoms with Crippen LogP contribution >= 0.6 is 0 Å². The summed E-state index contributed by atoms with van der Waals surface area (Å²) >= 11 is 0. The summed E-state index contributed by atoms with van der Waals surface area (Å²) in [5, 5.41) is 246. The third-order valence-electron chi connectivity index (χ3n) is 32.8. The van der Waals surface area contributed by atoms with E-state index in [0.29, 0.717) is 51.4 Å². The summed E-state index contributed by atoms with van der Waals surface area (Å²) in [7, 11) is 0. The Morgan fingerprint density at radius 2 is 1.01 bits per heavy atom. The average Bonchev–Trinajstić information content (AvgIpc) is 0.828. The molecule has 12 fully saturated rings. The quantitative estimate of drug-likeness (QED) is 0.00730. The van der Waals surface area contributed by atoms with Gasteiger partial charge in [-0.05, 0) is 123 Å². The summed E-state index contributed by atoms with van der Waals surface area (Å²) in [4.78, 5) is 58.8. The monoisotopic (exact) mass is 1940 g/mol. The molecule has 0 aromatic heterocycles. The number of hydrogen-bond acceptors (Lipinski definition) is 44. The zero-order chi connectivity index (χ0) is 98.9. The van der Waals surface area contributed by atoms with Crippen molar-refractivity contribution in [2.45, 2.75) is 425 Å². The second-order valence-corrected chi connectivity index (χ2v) is 42.1. The molecule has 4 saturated carbocycles. The molecule has 135 heavy (non-hydrogen) atoms. The maximum atomic E-state index is 16.3. The van der Waals surface area contributed by atoms with Gasteiger partial charge in [-0.25, -0.2) is 0 Å². The third kappa shape index (κ3) is 21.3. The highest BCUT2D eigenvalue weighted by atomic mass is 16.8. The van der Waals surface area contributed by atoms with Crippen LogP contribution in [0.5, 0.6) is 0 Å². The van der Waals surface area contributed by atoms with Gasteiger partial charge in [0.05, 0.1) is 101 Å². The van der Waals surface area contributed by atoms with Gasteiger partial charge in [0.1, 0.15) is 159 Å². The number of aliphatic hydroxyl groups excluding tert-OH is 21. The van der Waals surface area contributed by atoms with Crippen LogP contribution in [0.15, 0.2) is 11.6 Å². The number of hydrogen-bond donors (Lipinski definition) is 22. The molecule has 0 spiro atoms. The Morgan fingerprint density at radius 1 is 0.489 bits per heavy atom. The number of carbonyl (C=O) groups is 4. The second kappa shape index (κ2) is 43.3. The van der Waals surface area contributed by atoms with Crippen molar-refractivity contribution in [2.75, 3.05) is 46.2 Å². The first-order chi connectivity index (χ1) is 63.4. The van der Waals surface area contributed by atoms with Crippen LogP contribution in [0.1, 0.15) is 179 Å². The van der Waals surface area contributed by atoms with Crippen molar-refractivity contribution in [3.63, 3.8) is 0 Å². The number of rotatable bonds is 33. The van der Waals surface area contributed by atoms with Crippen LogP contribution in [-0.4, -0.2) is 428 Å². The van der Waals surface area contributed by atoms with E-state index in [9.17, 15) is 127 Å². The fraction of sp³-hybridized carbons (Fsp3) is 0.934. The molecule has 0 amide bonds. The molecule has 13 aliphatic rings. The lowest BCUT2D eigenvalue weighted by Crippen LogP contribution is -2.69. The molecule has 44 nitrogen and oxygen atoms in total. The normalized spacial score (nSPS) is 49.1. The zero-order valence-electron chi connectivity index (χ0n) is 78.4. The van der Waals surface area contributed by atoms with E-state index in [1.54, 1.807) is 27.7 Å². The molecule has 22 N–H and O–H groups in total. The minimum Gasteiger partial charge on any atom is -0.462 e. The molecule has 0 aromatic carbocycles. The first-order valence-corrected chi connectivity index (χ1v) is 47.7. The van der Waals surface area contributed by atoms with E-state index in [2.05, 4.69) is 40.7 Å². The van der Waals surface area contributed by atoms with Gasteiger partial charge < -0.3 is 202 Å². The smallest absolute Gasteiger partial charge is 0.317 e. The Balaban J connectivity index is 0.739. The maximum absolute atomic E-state index is 16.3. The molecule has 8 saturated heterocycles. The third-order valence-corrected chi connectivity index (χ3v) is 32.8. The Hall–Kier alpha value is -3.66. The van der Waals surface area contributed by atoms with Crippen LogP contribution in [0.25, 0.3) is 0 Å². The molecule has 44 heteroatoms. The molecular weight excluding hydrogens is 1800 g/mol. The number of aliphatic hydroxyl groups is 22. The van der Waals surface area contributed by atoms with Crippen molar-refractivity contribution in [1.82, 2.24) is 0 Å². The predicted molar refractivity (Wildman–Crippen MR) is 451 cm³/mol. The van der Waals surface area contributed by atoms with Crippen molar-refractivity contribution in [3.05, 3.63) is 11.6 Å². The summed E-state index contributed by atoms with van der Waals surface area (Å²) in [6.45, 7) is 18.1. The van der Waals surface area contributed by atoms with Gasteiger partial charge in [-0.1, -0.05) is 93.7 Å². The molecule has 0 radical (unpaired) electrons. The number of carbonyl (C=O) groups excluding carboxylic acids is 4. The van der Waals surface area contributed by atoms with Gasteiger partial charge in [-0.15, -0.1) is 0 Å². The van der Waals surface area contributed by atoms with Crippen LogP contribution in [0.4, 0.5) is 0 Å². The fourth-order valence-corrected chi connectivity index (χ4v) is 23.9. The lowest BCUT2D eigenvalue weighted by Gasteiger charge is -2.71. The molecule has 8 heterocycles. The van der Waals surface area contributed by atoms with E-state index in [4.69, 9.17) is 85.3 Å². The summed E-state index contributed by atoms with van der Waals surface area (Å²) in [5.41, 5.74) is -5.00. The highest BCUT2D eigenvalue weighted by Crippen LogP contribution is 2.76. The van der Waals surface area contributed by atoms with Crippen LogP contribution in [0, 0.1) is 62.1 Å². The van der Waals surface area contributed by atoms with Crippen molar-refractivity contribution in [1.29, 1.82) is 0 Å². The van der Waals surface area contributed by atoms with Crippen molar-refractivity contribution < 1.29 is 217 Å². The SMILES string of the molecule is CC[C@H](C)[C@H](C[C@H](O)CC(=O)O[C@H]1C(C)O[C@@H](OC(=O)[C@]23CCC(C)(C)CC2C2=CCC4C5(C)CC[C@H](O[C@@H]6OC[C@@H](O)[C@H](O[C@@H]7OC[C@@H](O)[C@H](O)C7O)C6O[C@@H]6OC(CO)[C@H](O)[C@H](O)C6O)[C@](C)(C=O)[C@@H]5CC[C@]4(C)[C@]2(C)CC3O)C(O[C@@H]2OC(C)[C@H](O[C@@H]3OC[C@@H](O)C(O[C@@H]4OC[C@@H](O)C(O)C4O)C3O)C(O)C2O)C1O)OC(=O)C[C@@H](O)C[C@H](OC1(O)CO[C@H](CO)C1O)[C@@H](C)CC. The van der Waals surface area contributed by atoms with Gasteiger partial charge in [0, 0.05) is 12.8 Å². The summed E-state index contributed by atoms with van der Waals surface area (Å²) < 4.78 is 109. The topological polar surface area (TPSA) is 679 Å². The summed E-state index contributed by atoms with van der Waals surface area (Å²) in [6.07, 6.45) is -60.7. The van der Waals surface area contributed by atoms with Gasteiger partial charge in [0.15, 0.2) is 49.9 Å². The first kappa shape index (κ1) is 109. The standard InChI is InChI=1S/C91H148O44/c1-13-37(3)49(125-57(102)25-42(96)24-50(38(4)14-2)135-91(117)36-122-52(30-93)76(91)115)23-41(95)26-58(103)128-71-40(6)124-83(74(68(71)113)132-80-67(112)63(108)70(39(5)123-80)129-79-69(114)72(47(99)33-120-79)130-77-64(109)59(104)45(97)31-118-77)134-84(116)90-22-21-85(7,8)27-44(90)43-15-16-54-86(9)19-18-56(87(10,35-94)53(86)17-20-88(54,11)89(43,12)28-55(90)101)127-82-75(133-81-66(111)62(107)61(106)51(29-92)126-81)73(48(100)34-121-82)131-78-65(110)60(105)46(98)32-119-78/h15,35,37-42,44-56,59-83,92-93,95-101,104-115,117H,13-14,16-34,36H2,1-12H3/t37-,38-,39?,40?,41-,42-,44?,45+,46+,47+,48+,49-,50-,51?,52+,53+,54?,55?,56-,59?,60-,61-,62-,63?,64?,65?,66?,67?,68?,69?,70-,71-,72?,73-,74?,75?,76?,77-,78-,79-,80-,81-,82-,83-,86?,87+,88-,89+,90+,91?/m0/s1. The van der Waals surface area contributed by atoms with E-state index < -0.39 is 372 Å². The minimum absolute atomic E-state index is 0.00950. The Morgan fingerprint density at radius 3 is 1.61 bits per heavy atom. The highest BCUT2D eigenvalue weighted by molar-refractivity contribution is 5.80. The van der Waals surface area contributed by atoms with Gasteiger partial charge in [0.2, 0.25) is 12.1 Å². The van der Waals surface area contributed by atoms with E-state index in [-0.39, 0.29) is 43.9 Å². The van der Waals surface area contributed by atoms with Crippen molar-refractivity contribution >= 4 is 24.2 Å². The van der Waals surface area contributed by atoms with E-state index in [1.165, 1.54) is 13.8 Å². The van der Waals surface area contributed by atoms with Crippen LogP contribution in [-0.2, 0) is 104 Å². The van der Waals surface area contributed by atoms with Crippen molar-refractivity contribution in [3.8, 4) is 0 Å². The largest absolute Gasteiger partial charge is 0.462 e. The first-order valence-electron chi connectivity index (χ1n) is 47.7. The molecule has 0 aromatic rings. The Bertz CT molecular complexity index is 3950. The van der Waals surface area contributed by atoms with Crippen molar-refractivity contribution in [2.24, 2.45) is 62.1 Å². The fourth-order valence-electron chi connectivity index (χ4n) is 23.9. The minimum atomic E-state index is -2.23.